The zero-order valence-corrected chi connectivity index (χ0v) is 6.52. The van der Waals surface area contributed by atoms with Crippen molar-refractivity contribution in [2.24, 2.45) is 0 Å². The van der Waals surface area contributed by atoms with E-state index in [1.54, 1.807) is 0 Å². The molecule has 1 atom stereocenters. The molecule has 1 heterocycles. The van der Waals surface area contributed by atoms with E-state index in [4.69, 9.17) is 4.55 Å². The van der Waals surface area contributed by atoms with Crippen LogP contribution in [0.3, 0.4) is 0 Å². The summed E-state index contributed by atoms with van der Waals surface area (Å²) in [6.07, 6.45) is 1.19. The second-order valence-electron chi connectivity index (χ2n) is 1.83. The first kappa shape index (κ1) is 8.75. The molecule has 1 unspecified atom stereocenters. The number of aromatic nitrogens is 1. The van der Waals surface area contributed by atoms with E-state index in [2.05, 4.69) is 4.98 Å². The van der Waals surface area contributed by atoms with Gasteiger partial charge in [0, 0.05) is 0 Å². The van der Waals surface area contributed by atoms with Crippen LogP contribution in [0.1, 0.15) is 0 Å². The summed E-state index contributed by atoms with van der Waals surface area (Å²) in [5, 5.41) is 10.2. The highest BCUT2D eigenvalue weighted by atomic mass is 32.2. The minimum Gasteiger partial charge on any atom is -0.358 e. The normalized spacial score (nSPS) is 12.4. The molecule has 64 valence electrons. The molecule has 0 radical (unpaired) electrons. The van der Waals surface area contributed by atoms with Crippen molar-refractivity contribution in [3.05, 3.63) is 28.4 Å². The van der Waals surface area contributed by atoms with Crippen LogP contribution in [-0.4, -0.2) is 18.7 Å². The lowest BCUT2D eigenvalue weighted by atomic mass is 10.5. The van der Waals surface area contributed by atoms with Crippen molar-refractivity contribution in [2.75, 3.05) is 0 Å². The maximum atomic E-state index is 10.5. The Morgan fingerprint density at radius 3 is 2.75 bits per heavy atom. The Hall–Kier alpha value is -1.34. The summed E-state index contributed by atoms with van der Waals surface area (Å²) in [6, 6.07) is 2.54. The minimum absolute atomic E-state index is 0.289. The van der Waals surface area contributed by atoms with Gasteiger partial charge in [0.05, 0.1) is 0 Å². The van der Waals surface area contributed by atoms with Gasteiger partial charge in [0.15, 0.2) is 16.0 Å². The summed E-state index contributed by atoms with van der Waals surface area (Å²) in [5.74, 6) is -0.585. The zero-order valence-electron chi connectivity index (χ0n) is 5.71. The molecule has 12 heavy (non-hydrogen) atoms. The molecule has 0 aliphatic rings. The molecule has 0 spiro atoms. The molecule has 1 rings (SSSR count). The fraction of sp³-hybridized carbons (Fsp3) is 0. The molecule has 7 heteroatoms. The Morgan fingerprint density at radius 1 is 1.67 bits per heavy atom. The van der Waals surface area contributed by atoms with Gasteiger partial charge in [-0.2, -0.15) is 0 Å². The fourth-order valence-electron chi connectivity index (χ4n) is 0.656. The summed E-state index contributed by atoms with van der Waals surface area (Å²) in [6.45, 7) is 0. The van der Waals surface area contributed by atoms with Crippen LogP contribution in [-0.2, 0) is 11.1 Å². The molecule has 0 aliphatic carbocycles. The van der Waals surface area contributed by atoms with Crippen LogP contribution in [0.2, 0.25) is 0 Å². The molecule has 1 aromatic heterocycles. The topological polar surface area (TPSA) is 93.3 Å². The molecule has 1 aromatic rings. The van der Waals surface area contributed by atoms with Crippen LogP contribution < -0.4 is 0 Å². The standard InChI is InChI=1S/C5H4N2O4S/c8-7(9)5-4(12(10)11)2-1-3-6-5/h1-3H,(H,10,11). The highest BCUT2D eigenvalue weighted by Crippen LogP contribution is 2.16. The summed E-state index contributed by atoms with van der Waals surface area (Å²) in [7, 11) is 0. The Labute approximate surface area is 69.7 Å². The first-order valence-electron chi connectivity index (χ1n) is 2.83. The average Bonchev–Trinajstić information content (AvgIpc) is 2.04. The Morgan fingerprint density at radius 2 is 2.33 bits per heavy atom. The Bertz CT molecular complexity index is 307. The second-order valence-corrected chi connectivity index (χ2v) is 2.77. The number of pyridine rings is 1. The molecule has 0 saturated heterocycles. The smallest absolute Gasteiger partial charge is 0.358 e. The van der Waals surface area contributed by atoms with Crippen molar-refractivity contribution >= 4 is 16.9 Å². The molecule has 0 amide bonds. The lowest BCUT2D eigenvalue weighted by molar-refractivity contribution is -0.392. The van der Waals surface area contributed by atoms with Gasteiger partial charge in [-0.25, -0.2) is 4.21 Å². The van der Waals surface area contributed by atoms with Gasteiger partial charge in [0.1, 0.15) is 6.20 Å². The number of rotatable bonds is 2. The van der Waals surface area contributed by atoms with Gasteiger partial charge in [-0.15, -0.1) is 0 Å². The van der Waals surface area contributed by atoms with Crippen LogP contribution >= 0.6 is 0 Å². The van der Waals surface area contributed by atoms with Gasteiger partial charge in [0.2, 0.25) is 0 Å². The van der Waals surface area contributed by atoms with Gasteiger partial charge in [0.25, 0.3) is 0 Å². The van der Waals surface area contributed by atoms with Crippen LogP contribution in [0.15, 0.2) is 23.2 Å². The number of hydrogen-bond acceptors (Lipinski definition) is 4. The van der Waals surface area contributed by atoms with Crippen molar-refractivity contribution in [2.45, 2.75) is 4.90 Å². The van der Waals surface area contributed by atoms with E-state index in [1.165, 1.54) is 18.3 Å². The van der Waals surface area contributed by atoms with E-state index in [1.807, 2.05) is 0 Å². The third kappa shape index (κ3) is 1.63. The highest BCUT2D eigenvalue weighted by molar-refractivity contribution is 7.79. The monoisotopic (exact) mass is 188 g/mol. The van der Waals surface area contributed by atoms with Gasteiger partial charge >= 0.3 is 5.82 Å². The van der Waals surface area contributed by atoms with Crippen LogP contribution in [0.5, 0.6) is 0 Å². The molecule has 0 saturated carbocycles. The van der Waals surface area contributed by atoms with E-state index >= 15 is 0 Å². The van der Waals surface area contributed by atoms with E-state index in [0.29, 0.717) is 0 Å². The van der Waals surface area contributed by atoms with Crippen LogP contribution in [0.4, 0.5) is 5.82 Å². The SMILES string of the molecule is O=[N+]([O-])c1ncccc1S(=O)O. The van der Waals surface area contributed by atoms with Crippen molar-refractivity contribution < 1.29 is 13.7 Å². The van der Waals surface area contributed by atoms with E-state index in [0.717, 1.165) is 0 Å². The maximum absolute atomic E-state index is 10.5. The number of hydrogen-bond donors (Lipinski definition) is 1. The van der Waals surface area contributed by atoms with Crippen molar-refractivity contribution in [1.82, 2.24) is 4.98 Å². The largest absolute Gasteiger partial charge is 0.382 e. The van der Waals surface area contributed by atoms with Gasteiger partial charge < -0.3 is 14.7 Å². The summed E-state index contributed by atoms with van der Waals surface area (Å²) >= 11 is -2.37. The molecule has 0 aromatic carbocycles. The molecule has 0 bridgehead atoms. The fourth-order valence-corrected chi connectivity index (χ4v) is 1.13. The predicted molar refractivity (Wildman–Crippen MR) is 39.9 cm³/mol. The predicted octanol–water partition coefficient (Wildman–Crippen LogP) is 0.570. The molecule has 0 aliphatic heterocycles. The van der Waals surface area contributed by atoms with Crippen molar-refractivity contribution in [3.63, 3.8) is 0 Å². The Balaban J connectivity index is 3.27. The van der Waals surface area contributed by atoms with Gasteiger partial charge in [-0.1, -0.05) is 0 Å². The molecule has 0 fully saturated rings. The zero-order chi connectivity index (χ0) is 9.14. The van der Waals surface area contributed by atoms with Crippen molar-refractivity contribution in [3.8, 4) is 0 Å². The lowest BCUT2D eigenvalue weighted by Crippen LogP contribution is -1.99. The first-order chi connectivity index (χ1) is 5.63. The number of nitro groups is 1. The molecule has 6 nitrogen and oxygen atoms in total. The summed E-state index contributed by atoms with van der Waals surface area (Å²) in [4.78, 5) is 12.5. The van der Waals surface area contributed by atoms with Gasteiger partial charge in [-0.05, 0) is 22.0 Å². The third-order valence-electron chi connectivity index (χ3n) is 1.11. The van der Waals surface area contributed by atoms with E-state index in [-0.39, 0.29) is 4.90 Å². The van der Waals surface area contributed by atoms with E-state index in [9.17, 15) is 14.3 Å². The highest BCUT2D eigenvalue weighted by Gasteiger charge is 2.17. The summed E-state index contributed by atoms with van der Waals surface area (Å²) < 4.78 is 19.1. The number of nitrogens with zero attached hydrogens (tertiary/aromatic N) is 2. The molecule has 1 N–H and O–H groups in total. The molecular formula is C5H4N2O4S. The second kappa shape index (κ2) is 3.37. The van der Waals surface area contributed by atoms with Gasteiger partial charge in [-0.3, -0.25) is 0 Å². The summed E-state index contributed by atoms with van der Waals surface area (Å²) in [5.41, 5.74) is 0. The third-order valence-corrected chi connectivity index (χ3v) is 1.81. The average molecular weight is 188 g/mol. The van der Waals surface area contributed by atoms with Crippen LogP contribution in [0.25, 0.3) is 0 Å². The molecular weight excluding hydrogens is 184 g/mol. The van der Waals surface area contributed by atoms with Crippen molar-refractivity contribution in [1.29, 1.82) is 0 Å². The first-order valence-corrected chi connectivity index (χ1v) is 3.94. The maximum Gasteiger partial charge on any atom is 0.382 e. The Kier molecular flexibility index (Phi) is 2.46. The van der Waals surface area contributed by atoms with Crippen LogP contribution in [0, 0.1) is 10.1 Å². The quantitative estimate of drug-likeness (QED) is 0.416. The lowest BCUT2D eigenvalue weighted by Gasteiger charge is -1.95. The van der Waals surface area contributed by atoms with E-state index < -0.39 is 21.8 Å². The minimum atomic E-state index is -2.37.